The van der Waals surface area contributed by atoms with Gasteiger partial charge >= 0.3 is 0 Å². The Kier molecular flexibility index (Phi) is 7.26. The molecule has 0 radical (unpaired) electrons. The fourth-order valence-electron chi connectivity index (χ4n) is 1.90. The van der Waals surface area contributed by atoms with Crippen molar-refractivity contribution in [3.8, 4) is 0 Å². The van der Waals surface area contributed by atoms with Crippen molar-refractivity contribution in [2.45, 2.75) is 39.6 Å². The van der Waals surface area contributed by atoms with Gasteiger partial charge in [-0.3, -0.25) is 10.1 Å². The fraction of sp³-hybridized carbons (Fsp3) is 0.500. The summed E-state index contributed by atoms with van der Waals surface area (Å²) in [7, 11) is 0. The van der Waals surface area contributed by atoms with E-state index < -0.39 is 17.4 Å². The summed E-state index contributed by atoms with van der Waals surface area (Å²) in [6, 6.07) is 3.15. The van der Waals surface area contributed by atoms with Crippen LogP contribution in [0.5, 0.6) is 0 Å². The molecule has 114 valence electrons. The summed E-state index contributed by atoms with van der Waals surface area (Å²) < 4.78 is 0. The highest BCUT2D eigenvalue weighted by molar-refractivity contribution is 5.85. The molecule has 1 aromatic rings. The molecule has 2 unspecified atom stereocenters. The first-order valence-corrected chi connectivity index (χ1v) is 6.06. The second kappa shape index (κ2) is 7.88. The normalized spacial score (nSPS) is 13.1. The summed E-state index contributed by atoms with van der Waals surface area (Å²) in [6.45, 7) is 4.81. The lowest BCUT2D eigenvalue weighted by atomic mass is 10.1. The first-order chi connectivity index (χ1) is 8.86. The highest BCUT2D eigenvalue weighted by atomic mass is 35.5. The van der Waals surface area contributed by atoms with Crippen molar-refractivity contribution in [2.75, 3.05) is 10.6 Å². The predicted molar refractivity (Wildman–Crippen MR) is 80.3 cm³/mol. The predicted octanol–water partition coefficient (Wildman–Crippen LogP) is 2.08. The van der Waals surface area contributed by atoms with E-state index in [4.69, 9.17) is 0 Å². The summed E-state index contributed by atoms with van der Waals surface area (Å²) in [5.74, 6) is 0. The maximum atomic E-state index is 11.2. The van der Waals surface area contributed by atoms with E-state index in [1.165, 1.54) is 19.9 Å². The molecule has 0 fully saturated rings. The van der Waals surface area contributed by atoms with Crippen molar-refractivity contribution in [2.24, 2.45) is 0 Å². The van der Waals surface area contributed by atoms with Crippen molar-refractivity contribution >= 4 is 29.5 Å². The Morgan fingerprint density at radius 2 is 1.65 bits per heavy atom. The number of nitrogens with one attached hydrogen (secondary N) is 2. The van der Waals surface area contributed by atoms with Crippen LogP contribution in [0.25, 0.3) is 0 Å². The molecule has 2 atom stereocenters. The molecule has 0 aliphatic rings. The van der Waals surface area contributed by atoms with E-state index in [0.29, 0.717) is 17.7 Å². The van der Waals surface area contributed by atoms with E-state index in [0.717, 1.165) is 0 Å². The van der Waals surface area contributed by atoms with Gasteiger partial charge in [0.25, 0.3) is 5.69 Å². The van der Waals surface area contributed by atoms with E-state index in [-0.39, 0.29) is 23.8 Å². The van der Waals surface area contributed by atoms with Gasteiger partial charge in [0.15, 0.2) is 0 Å². The van der Waals surface area contributed by atoms with Gasteiger partial charge < -0.3 is 20.8 Å². The third-order valence-electron chi connectivity index (χ3n) is 2.55. The quantitative estimate of drug-likeness (QED) is 0.364. The number of nitrogens with zero attached hydrogens (tertiary/aromatic N) is 1. The molecule has 7 nitrogen and oxygen atoms in total. The Hall–Kier alpha value is -1.57. The zero-order valence-electron chi connectivity index (χ0n) is 11.6. The van der Waals surface area contributed by atoms with Gasteiger partial charge in [0, 0.05) is 5.69 Å². The van der Waals surface area contributed by atoms with Gasteiger partial charge in [0.05, 0.1) is 10.5 Å². The number of aliphatic hydroxyl groups excluding tert-OH is 2. The Balaban J connectivity index is 0.00000361. The molecule has 20 heavy (non-hydrogen) atoms. The molecular formula is C12H20ClN3O4. The molecule has 0 amide bonds. The Bertz CT molecular complexity index is 466. The van der Waals surface area contributed by atoms with E-state index in [9.17, 15) is 20.3 Å². The van der Waals surface area contributed by atoms with Crippen molar-refractivity contribution in [3.63, 3.8) is 0 Å². The molecule has 0 saturated carbocycles. The third kappa shape index (κ3) is 4.52. The second-order valence-corrected chi connectivity index (χ2v) is 4.24. The van der Waals surface area contributed by atoms with Crippen LogP contribution in [-0.4, -0.2) is 27.6 Å². The molecule has 0 aliphatic carbocycles. The number of anilines is 2. The molecule has 0 aromatic heterocycles. The van der Waals surface area contributed by atoms with Gasteiger partial charge in [0.1, 0.15) is 18.1 Å². The van der Waals surface area contributed by atoms with E-state index in [1.54, 1.807) is 13.0 Å². The number of hydrogen-bond donors (Lipinski definition) is 4. The maximum absolute atomic E-state index is 11.2. The van der Waals surface area contributed by atoms with Crippen LogP contribution in [0.15, 0.2) is 12.1 Å². The number of rotatable bonds is 6. The molecule has 0 spiro atoms. The number of nitro groups is 1. The van der Waals surface area contributed by atoms with E-state index in [2.05, 4.69) is 10.6 Å². The molecule has 0 bridgehead atoms. The van der Waals surface area contributed by atoms with Crippen LogP contribution in [0.2, 0.25) is 0 Å². The molecule has 1 rings (SSSR count). The lowest BCUT2D eigenvalue weighted by Gasteiger charge is -2.17. The molecule has 1 aromatic carbocycles. The average Bonchev–Trinajstić information content (AvgIpc) is 2.28. The van der Waals surface area contributed by atoms with Gasteiger partial charge in [-0.15, -0.1) is 12.4 Å². The van der Waals surface area contributed by atoms with Crippen LogP contribution in [0.4, 0.5) is 17.1 Å². The van der Waals surface area contributed by atoms with Gasteiger partial charge in [-0.05, 0) is 32.4 Å². The van der Waals surface area contributed by atoms with Crippen LogP contribution in [0.3, 0.4) is 0 Å². The lowest BCUT2D eigenvalue weighted by molar-refractivity contribution is -0.384. The van der Waals surface area contributed by atoms with E-state index >= 15 is 0 Å². The Labute approximate surface area is 123 Å². The first kappa shape index (κ1) is 18.4. The van der Waals surface area contributed by atoms with Crippen molar-refractivity contribution in [1.82, 2.24) is 0 Å². The van der Waals surface area contributed by atoms with Crippen molar-refractivity contribution in [1.29, 1.82) is 0 Å². The smallest absolute Gasteiger partial charge is 0.297 e. The number of aliphatic hydroxyl groups is 2. The topological polar surface area (TPSA) is 108 Å². The molecule has 8 heteroatoms. The van der Waals surface area contributed by atoms with Crippen LogP contribution >= 0.6 is 12.4 Å². The minimum atomic E-state index is -0.890. The van der Waals surface area contributed by atoms with Crippen LogP contribution in [0, 0.1) is 10.1 Å². The molecule has 0 saturated heterocycles. The fourth-order valence-corrected chi connectivity index (χ4v) is 1.90. The summed E-state index contributed by atoms with van der Waals surface area (Å²) in [5, 5.41) is 35.2. The lowest BCUT2D eigenvalue weighted by Crippen LogP contribution is -2.18. The Morgan fingerprint density at radius 1 is 1.20 bits per heavy atom. The molecular weight excluding hydrogens is 286 g/mol. The SMILES string of the molecule is CCc1c(NC(C)O)ccc(NC(C)O)c1[N+](=O)[O-].Cl. The monoisotopic (exact) mass is 305 g/mol. The largest absolute Gasteiger partial charge is 0.374 e. The van der Waals surface area contributed by atoms with Gasteiger partial charge in [-0.1, -0.05) is 6.92 Å². The zero-order chi connectivity index (χ0) is 14.6. The highest BCUT2D eigenvalue weighted by Gasteiger charge is 2.23. The number of halogens is 1. The average molecular weight is 306 g/mol. The minimum absolute atomic E-state index is 0. The van der Waals surface area contributed by atoms with Crippen LogP contribution < -0.4 is 10.6 Å². The number of hydrogen-bond acceptors (Lipinski definition) is 6. The van der Waals surface area contributed by atoms with E-state index in [1.807, 2.05) is 0 Å². The summed E-state index contributed by atoms with van der Waals surface area (Å²) in [5.41, 5.74) is 1.17. The van der Waals surface area contributed by atoms with Gasteiger partial charge in [-0.2, -0.15) is 0 Å². The summed E-state index contributed by atoms with van der Waals surface area (Å²) in [4.78, 5) is 10.7. The minimum Gasteiger partial charge on any atom is -0.374 e. The second-order valence-electron chi connectivity index (χ2n) is 4.24. The summed E-state index contributed by atoms with van der Waals surface area (Å²) in [6.07, 6.45) is -1.26. The van der Waals surface area contributed by atoms with Crippen molar-refractivity contribution in [3.05, 3.63) is 27.8 Å². The summed E-state index contributed by atoms with van der Waals surface area (Å²) >= 11 is 0. The highest BCUT2D eigenvalue weighted by Crippen LogP contribution is 2.35. The number of nitro benzene ring substituents is 1. The molecule has 0 heterocycles. The molecule has 4 N–H and O–H groups in total. The van der Waals surface area contributed by atoms with Gasteiger partial charge in [0.2, 0.25) is 0 Å². The molecule has 0 aliphatic heterocycles. The maximum Gasteiger partial charge on any atom is 0.297 e. The Morgan fingerprint density at radius 3 is 2.05 bits per heavy atom. The standard InChI is InChI=1S/C12H19N3O4.ClH/c1-4-9-10(13-7(2)16)5-6-11(14-8(3)17)12(9)15(18)19;/h5-8,13-14,16-17H,4H2,1-3H3;1H. The van der Waals surface area contributed by atoms with Crippen LogP contribution in [0.1, 0.15) is 26.3 Å². The van der Waals surface area contributed by atoms with Gasteiger partial charge in [-0.25, -0.2) is 0 Å². The van der Waals surface area contributed by atoms with Crippen LogP contribution in [-0.2, 0) is 6.42 Å². The zero-order valence-corrected chi connectivity index (χ0v) is 12.4. The third-order valence-corrected chi connectivity index (χ3v) is 2.55. The first-order valence-electron chi connectivity index (χ1n) is 6.06. The van der Waals surface area contributed by atoms with Crippen molar-refractivity contribution < 1.29 is 15.1 Å². The number of benzene rings is 1.